The molecule has 1 aromatic rings. The third-order valence-electron chi connectivity index (χ3n) is 1.11. The van der Waals surface area contributed by atoms with E-state index in [1.807, 2.05) is 0 Å². The van der Waals surface area contributed by atoms with Gasteiger partial charge in [-0.05, 0) is 35.7 Å². The van der Waals surface area contributed by atoms with E-state index in [-0.39, 0.29) is 0 Å². The number of rotatable bonds is 2. The zero-order valence-corrected chi connectivity index (χ0v) is 8.60. The summed E-state index contributed by atoms with van der Waals surface area (Å²) in [5.74, 6) is 0. The predicted octanol–water partition coefficient (Wildman–Crippen LogP) is 1.42. The van der Waals surface area contributed by atoms with Gasteiger partial charge in [0.15, 0.2) is 0 Å². The van der Waals surface area contributed by atoms with E-state index in [2.05, 4.69) is 4.98 Å². The summed E-state index contributed by atoms with van der Waals surface area (Å²) in [5, 5.41) is -0.190. The van der Waals surface area contributed by atoms with Crippen molar-refractivity contribution in [3.05, 3.63) is 18.2 Å². The van der Waals surface area contributed by atoms with Gasteiger partial charge in [0, 0.05) is 0 Å². The summed E-state index contributed by atoms with van der Waals surface area (Å²) in [5.41, 5.74) is 9.92. The van der Waals surface area contributed by atoms with Crippen molar-refractivity contribution in [2.45, 2.75) is 10.1 Å². The van der Waals surface area contributed by atoms with Gasteiger partial charge in [0.2, 0.25) is 0 Å². The summed E-state index contributed by atoms with van der Waals surface area (Å²) in [4.78, 5) is 25.1. The Kier molecular flexibility index (Phi) is 3.78. The van der Waals surface area contributed by atoms with Crippen molar-refractivity contribution in [2.24, 2.45) is 11.5 Å². The van der Waals surface area contributed by atoms with E-state index in [4.69, 9.17) is 11.5 Å². The summed E-state index contributed by atoms with van der Waals surface area (Å²) in [7, 11) is 0. The first-order valence-electron chi connectivity index (χ1n) is 3.49. The van der Waals surface area contributed by atoms with Crippen LogP contribution in [0, 0.1) is 0 Å². The van der Waals surface area contributed by atoms with E-state index >= 15 is 0 Å². The van der Waals surface area contributed by atoms with Crippen LogP contribution in [0.15, 0.2) is 28.3 Å². The van der Waals surface area contributed by atoms with Gasteiger partial charge in [0.05, 0.1) is 0 Å². The van der Waals surface area contributed by atoms with Gasteiger partial charge in [-0.2, -0.15) is 0 Å². The molecule has 0 unspecified atom stereocenters. The van der Waals surface area contributed by atoms with Crippen LogP contribution in [-0.2, 0) is 0 Å². The van der Waals surface area contributed by atoms with Crippen molar-refractivity contribution >= 4 is 34.0 Å². The number of pyridine rings is 1. The van der Waals surface area contributed by atoms with E-state index in [1.54, 1.807) is 18.2 Å². The molecule has 74 valence electrons. The number of aromatic nitrogens is 1. The van der Waals surface area contributed by atoms with Gasteiger partial charge in [0.1, 0.15) is 10.1 Å². The molecule has 7 heteroatoms. The van der Waals surface area contributed by atoms with Crippen molar-refractivity contribution in [3.63, 3.8) is 0 Å². The molecular weight excluding hydrogens is 222 g/mol. The maximum atomic E-state index is 10.5. The SMILES string of the molecule is NC(=O)Sc1cccc(SC(N)=O)n1. The predicted molar refractivity (Wildman–Crippen MR) is 55.1 cm³/mol. The smallest absolute Gasteiger partial charge is 0.282 e. The van der Waals surface area contributed by atoms with Crippen LogP contribution in [-0.4, -0.2) is 15.5 Å². The maximum absolute atomic E-state index is 10.5. The van der Waals surface area contributed by atoms with Crippen LogP contribution >= 0.6 is 23.5 Å². The fourth-order valence-corrected chi connectivity index (χ4v) is 1.77. The lowest BCUT2D eigenvalue weighted by atomic mass is 10.5. The minimum Gasteiger partial charge on any atom is -0.360 e. The maximum Gasteiger partial charge on any atom is 0.282 e. The number of hydrogen-bond donors (Lipinski definition) is 2. The number of primary amides is 2. The second-order valence-corrected chi connectivity index (χ2v) is 4.21. The summed E-state index contributed by atoms with van der Waals surface area (Å²) in [6, 6.07) is 4.92. The largest absolute Gasteiger partial charge is 0.360 e. The monoisotopic (exact) mass is 229 g/mol. The highest BCUT2D eigenvalue weighted by atomic mass is 32.2. The Morgan fingerprint density at radius 2 is 1.50 bits per heavy atom. The topological polar surface area (TPSA) is 99.1 Å². The van der Waals surface area contributed by atoms with Gasteiger partial charge < -0.3 is 11.5 Å². The quantitative estimate of drug-likeness (QED) is 0.747. The normalized spacial score (nSPS) is 9.71. The van der Waals surface area contributed by atoms with Gasteiger partial charge in [-0.15, -0.1) is 0 Å². The van der Waals surface area contributed by atoms with Crippen molar-refractivity contribution in [3.8, 4) is 0 Å². The number of nitrogens with zero attached hydrogens (tertiary/aromatic N) is 1. The van der Waals surface area contributed by atoms with Crippen molar-refractivity contribution in [2.75, 3.05) is 0 Å². The highest BCUT2D eigenvalue weighted by Crippen LogP contribution is 2.20. The molecule has 1 aromatic heterocycles. The second kappa shape index (κ2) is 4.87. The Morgan fingerprint density at radius 1 is 1.07 bits per heavy atom. The van der Waals surface area contributed by atoms with E-state index in [9.17, 15) is 9.59 Å². The van der Waals surface area contributed by atoms with Crippen LogP contribution in [0.4, 0.5) is 9.59 Å². The van der Waals surface area contributed by atoms with Gasteiger partial charge >= 0.3 is 0 Å². The molecule has 0 bridgehead atoms. The minimum atomic E-state index is -0.543. The molecule has 14 heavy (non-hydrogen) atoms. The van der Waals surface area contributed by atoms with Crippen molar-refractivity contribution in [1.82, 2.24) is 4.98 Å². The molecule has 0 spiro atoms. The van der Waals surface area contributed by atoms with Gasteiger partial charge in [-0.3, -0.25) is 9.59 Å². The fourth-order valence-electron chi connectivity index (χ4n) is 0.716. The Morgan fingerprint density at radius 3 is 1.86 bits per heavy atom. The molecule has 2 amide bonds. The zero-order chi connectivity index (χ0) is 10.6. The van der Waals surface area contributed by atoms with Crippen LogP contribution in [0.25, 0.3) is 0 Å². The van der Waals surface area contributed by atoms with Gasteiger partial charge in [-0.25, -0.2) is 4.98 Å². The molecule has 0 radical (unpaired) electrons. The number of thioether (sulfide) groups is 2. The molecule has 1 rings (SSSR count). The molecule has 1 heterocycles. The summed E-state index contributed by atoms with van der Waals surface area (Å²) in [6.45, 7) is 0. The molecule has 0 saturated heterocycles. The molecule has 0 aliphatic rings. The zero-order valence-electron chi connectivity index (χ0n) is 6.97. The third kappa shape index (κ3) is 3.67. The highest BCUT2D eigenvalue weighted by molar-refractivity contribution is 8.14. The van der Waals surface area contributed by atoms with Crippen LogP contribution in [0.3, 0.4) is 0 Å². The first-order valence-corrected chi connectivity index (χ1v) is 5.13. The van der Waals surface area contributed by atoms with Gasteiger partial charge in [-0.1, -0.05) is 6.07 Å². The Bertz CT molecular complexity index is 338. The second-order valence-electron chi connectivity index (χ2n) is 2.16. The number of amides is 2. The summed E-state index contributed by atoms with van der Waals surface area (Å²) < 4.78 is 0. The van der Waals surface area contributed by atoms with E-state index in [0.29, 0.717) is 10.1 Å². The molecule has 5 nitrogen and oxygen atoms in total. The van der Waals surface area contributed by atoms with Crippen molar-refractivity contribution < 1.29 is 9.59 Å². The van der Waals surface area contributed by atoms with E-state index < -0.39 is 10.5 Å². The van der Waals surface area contributed by atoms with Crippen molar-refractivity contribution in [1.29, 1.82) is 0 Å². The molecule has 4 N–H and O–H groups in total. The molecule has 0 aromatic carbocycles. The van der Waals surface area contributed by atoms with Crippen LogP contribution in [0.2, 0.25) is 0 Å². The molecule has 0 aliphatic heterocycles. The van der Waals surface area contributed by atoms with E-state index in [1.165, 1.54) is 0 Å². The standard InChI is InChI=1S/C7H7N3O2S2/c8-6(11)13-4-2-1-3-5(10-4)14-7(9)12/h1-3H,(H2,8,11)(H2,9,12). The third-order valence-corrected chi connectivity index (χ3v) is 2.38. The first kappa shape index (κ1) is 10.9. The lowest BCUT2D eigenvalue weighted by Gasteiger charge is -1.98. The fraction of sp³-hybridized carbons (Fsp3) is 0. The van der Waals surface area contributed by atoms with Gasteiger partial charge in [0.25, 0.3) is 10.5 Å². The molecule has 0 atom stereocenters. The number of carbonyl (C=O) groups is 2. The van der Waals surface area contributed by atoms with Crippen LogP contribution in [0.1, 0.15) is 0 Å². The number of carbonyl (C=O) groups excluding carboxylic acids is 2. The van der Waals surface area contributed by atoms with Crippen LogP contribution < -0.4 is 11.5 Å². The summed E-state index contributed by atoms with van der Waals surface area (Å²) >= 11 is 1.60. The average Bonchev–Trinajstić information content (AvgIpc) is 2.01. The minimum absolute atomic E-state index is 0.448. The number of nitrogens with two attached hydrogens (primary N) is 2. The molecular formula is C7H7N3O2S2. The Balaban J connectivity index is 2.78. The Hall–Kier alpha value is -1.21. The molecule has 0 saturated carbocycles. The summed E-state index contributed by atoms with van der Waals surface area (Å²) in [6.07, 6.45) is 0. The van der Waals surface area contributed by atoms with Crippen LogP contribution in [0.5, 0.6) is 0 Å². The Labute approximate surface area is 88.6 Å². The lowest BCUT2D eigenvalue weighted by molar-refractivity contribution is 0.266. The van der Waals surface area contributed by atoms with E-state index in [0.717, 1.165) is 23.5 Å². The first-order chi connectivity index (χ1) is 6.58. The number of hydrogen-bond acceptors (Lipinski definition) is 5. The lowest BCUT2D eigenvalue weighted by Crippen LogP contribution is -2.04. The highest BCUT2D eigenvalue weighted by Gasteiger charge is 2.04. The average molecular weight is 229 g/mol. The molecule has 0 aliphatic carbocycles. The molecule has 0 fully saturated rings.